The van der Waals surface area contributed by atoms with Crippen LogP contribution in [0, 0.1) is 0 Å². The number of carboxylic acid groups (broad SMARTS) is 2. The van der Waals surface area contributed by atoms with Gasteiger partial charge in [-0.2, -0.15) is 0 Å². The first-order valence-corrected chi connectivity index (χ1v) is 10.6. The molecule has 4 N–H and O–H groups in total. The van der Waals surface area contributed by atoms with Crippen LogP contribution in [0.15, 0.2) is 36.4 Å². The molecule has 0 saturated carbocycles. The Morgan fingerprint density at radius 2 is 1.28 bits per heavy atom. The Balaban J connectivity index is 1.83. The van der Waals surface area contributed by atoms with Crippen molar-refractivity contribution in [3.8, 4) is 0 Å². The van der Waals surface area contributed by atoms with Gasteiger partial charge in [-0.05, 0) is 73.2 Å². The van der Waals surface area contributed by atoms with Gasteiger partial charge in [0.1, 0.15) is 0 Å². The van der Waals surface area contributed by atoms with E-state index in [2.05, 4.69) is 10.6 Å². The van der Waals surface area contributed by atoms with Crippen molar-refractivity contribution in [1.82, 2.24) is 0 Å². The predicted octanol–water partition coefficient (Wildman–Crippen LogP) is 4.35. The molecule has 0 atom stereocenters. The van der Waals surface area contributed by atoms with Gasteiger partial charge in [0.2, 0.25) is 11.8 Å². The quantitative estimate of drug-likeness (QED) is 0.384. The van der Waals surface area contributed by atoms with Crippen molar-refractivity contribution in [3.63, 3.8) is 0 Å². The standard InChI is InChI=1S/C24H28N2O6/c1-3-17-18(4-2)20(14-13-19(17)24(31)32)26-22(28)8-6-5-7-21(27)25-16-11-9-15(10-12-16)23(29)30/h9-14H,3-8H2,1-2H3,(H,25,27)(H,26,28)(H,29,30)(H,31,32). The van der Waals surface area contributed by atoms with Crippen LogP contribution in [0.3, 0.4) is 0 Å². The molecule has 0 aromatic heterocycles. The van der Waals surface area contributed by atoms with E-state index in [1.807, 2.05) is 13.8 Å². The molecule has 32 heavy (non-hydrogen) atoms. The van der Waals surface area contributed by atoms with Gasteiger partial charge >= 0.3 is 11.9 Å². The molecule has 0 aliphatic carbocycles. The second kappa shape index (κ2) is 11.6. The summed E-state index contributed by atoms with van der Waals surface area (Å²) in [6.45, 7) is 3.81. The number of benzene rings is 2. The number of amides is 2. The molecule has 170 valence electrons. The molecule has 0 saturated heterocycles. The van der Waals surface area contributed by atoms with E-state index in [9.17, 15) is 24.3 Å². The lowest BCUT2D eigenvalue weighted by atomic mass is 9.95. The van der Waals surface area contributed by atoms with Crippen LogP contribution < -0.4 is 10.6 Å². The van der Waals surface area contributed by atoms with Gasteiger partial charge in [-0.25, -0.2) is 9.59 Å². The van der Waals surface area contributed by atoms with Crippen LogP contribution >= 0.6 is 0 Å². The zero-order valence-electron chi connectivity index (χ0n) is 18.2. The third-order valence-electron chi connectivity index (χ3n) is 5.12. The van der Waals surface area contributed by atoms with Gasteiger partial charge in [0, 0.05) is 24.2 Å². The fourth-order valence-electron chi connectivity index (χ4n) is 3.52. The predicted molar refractivity (Wildman–Crippen MR) is 121 cm³/mol. The van der Waals surface area contributed by atoms with Crippen LogP contribution in [0.1, 0.15) is 71.4 Å². The highest BCUT2D eigenvalue weighted by Gasteiger charge is 2.16. The van der Waals surface area contributed by atoms with Crippen molar-refractivity contribution in [2.45, 2.75) is 52.4 Å². The van der Waals surface area contributed by atoms with Crippen molar-refractivity contribution in [2.75, 3.05) is 10.6 Å². The molecular formula is C24H28N2O6. The van der Waals surface area contributed by atoms with Crippen LogP contribution in [0.2, 0.25) is 0 Å². The van der Waals surface area contributed by atoms with E-state index in [4.69, 9.17) is 5.11 Å². The summed E-state index contributed by atoms with van der Waals surface area (Å²) in [5.74, 6) is -2.41. The highest BCUT2D eigenvalue weighted by atomic mass is 16.4. The van der Waals surface area contributed by atoms with E-state index in [0.717, 1.165) is 11.1 Å². The second-order valence-corrected chi connectivity index (χ2v) is 7.32. The van der Waals surface area contributed by atoms with Crippen LogP contribution in [0.4, 0.5) is 11.4 Å². The molecule has 0 spiro atoms. The lowest BCUT2D eigenvalue weighted by molar-refractivity contribution is -0.118. The number of carboxylic acids is 2. The average Bonchev–Trinajstić information content (AvgIpc) is 2.76. The zero-order valence-corrected chi connectivity index (χ0v) is 18.2. The molecule has 2 aromatic carbocycles. The molecule has 2 rings (SSSR count). The minimum absolute atomic E-state index is 0.142. The summed E-state index contributed by atoms with van der Waals surface area (Å²) < 4.78 is 0. The number of carbonyl (C=O) groups excluding carboxylic acids is 2. The molecule has 8 heteroatoms. The highest BCUT2D eigenvalue weighted by molar-refractivity contribution is 5.95. The van der Waals surface area contributed by atoms with Gasteiger partial charge in [0.25, 0.3) is 0 Å². The Hall–Kier alpha value is -3.68. The van der Waals surface area contributed by atoms with Crippen LogP contribution in [-0.2, 0) is 22.4 Å². The van der Waals surface area contributed by atoms with Gasteiger partial charge in [-0.3, -0.25) is 9.59 Å². The maximum absolute atomic E-state index is 12.3. The van der Waals surface area contributed by atoms with Crippen LogP contribution in [0.5, 0.6) is 0 Å². The molecule has 2 aromatic rings. The van der Waals surface area contributed by atoms with E-state index in [-0.39, 0.29) is 35.8 Å². The summed E-state index contributed by atoms with van der Waals surface area (Å²) in [5, 5.41) is 23.8. The Morgan fingerprint density at radius 3 is 1.78 bits per heavy atom. The van der Waals surface area contributed by atoms with Crippen molar-refractivity contribution >= 4 is 35.1 Å². The number of nitrogens with one attached hydrogen (secondary N) is 2. The molecule has 0 aliphatic rings. The van der Waals surface area contributed by atoms with E-state index in [0.29, 0.717) is 37.1 Å². The normalized spacial score (nSPS) is 10.4. The smallest absolute Gasteiger partial charge is 0.335 e. The zero-order chi connectivity index (χ0) is 23.7. The molecule has 0 aliphatic heterocycles. The van der Waals surface area contributed by atoms with Crippen molar-refractivity contribution in [1.29, 1.82) is 0 Å². The summed E-state index contributed by atoms with van der Waals surface area (Å²) in [6, 6.07) is 9.03. The maximum Gasteiger partial charge on any atom is 0.335 e. The van der Waals surface area contributed by atoms with Crippen molar-refractivity contribution in [2.24, 2.45) is 0 Å². The molecule has 0 heterocycles. The number of hydrogen-bond donors (Lipinski definition) is 4. The topological polar surface area (TPSA) is 133 Å². The van der Waals surface area contributed by atoms with E-state index in [1.165, 1.54) is 30.3 Å². The fourth-order valence-corrected chi connectivity index (χ4v) is 3.52. The summed E-state index contributed by atoms with van der Waals surface area (Å²) in [6.07, 6.45) is 2.68. The number of aromatic carboxylic acids is 2. The molecular weight excluding hydrogens is 412 g/mol. The first-order chi connectivity index (χ1) is 15.3. The SMILES string of the molecule is CCc1c(NC(=O)CCCCC(=O)Nc2ccc(C(=O)O)cc2)ccc(C(=O)O)c1CC. The Morgan fingerprint density at radius 1 is 0.719 bits per heavy atom. The Kier molecular flexibility index (Phi) is 8.95. The van der Waals surface area contributed by atoms with Gasteiger partial charge in [-0.1, -0.05) is 13.8 Å². The Labute approximate surface area is 186 Å². The lowest BCUT2D eigenvalue weighted by Gasteiger charge is -2.16. The van der Waals surface area contributed by atoms with Gasteiger partial charge in [0.05, 0.1) is 11.1 Å². The first-order valence-electron chi connectivity index (χ1n) is 10.6. The van der Waals surface area contributed by atoms with Gasteiger partial charge < -0.3 is 20.8 Å². The van der Waals surface area contributed by atoms with Crippen molar-refractivity contribution < 1.29 is 29.4 Å². The molecule has 0 fully saturated rings. The van der Waals surface area contributed by atoms with Crippen LogP contribution in [0.25, 0.3) is 0 Å². The van der Waals surface area contributed by atoms with E-state index >= 15 is 0 Å². The molecule has 2 amide bonds. The molecule has 0 unspecified atom stereocenters. The van der Waals surface area contributed by atoms with Gasteiger partial charge in [0.15, 0.2) is 0 Å². The molecule has 8 nitrogen and oxygen atoms in total. The van der Waals surface area contributed by atoms with Crippen LogP contribution in [-0.4, -0.2) is 34.0 Å². The average molecular weight is 440 g/mol. The summed E-state index contributed by atoms with van der Waals surface area (Å²) >= 11 is 0. The fraction of sp³-hybridized carbons (Fsp3) is 0.333. The number of rotatable bonds is 11. The molecule has 0 bridgehead atoms. The highest BCUT2D eigenvalue weighted by Crippen LogP contribution is 2.25. The van der Waals surface area contributed by atoms with E-state index in [1.54, 1.807) is 6.07 Å². The number of anilines is 2. The minimum atomic E-state index is -1.03. The monoisotopic (exact) mass is 440 g/mol. The van der Waals surface area contributed by atoms with Crippen molar-refractivity contribution in [3.05, 3.63) is 58.7 Å². The minimum Gasteiger partial charge on any atom is -0.478 e. The molecule has 0 radical (unpaired) electrons. The third kappa shape index (κ3) is 6.66. The summed E-state index contributed by atoms with van der Waals surface area (Å²) in [4.78, 5) is 46.6. The number of hydrogen-bond acceptors (Lipinski definition) is 4. The first kappa shape index (κ1) is 24.6. The Bertz CT molecular complexity index is 998. The second-order valence-electron chi connectivity index (χ2n) is 7.32. The number of carbonyl (C=O) groups is 4. The lowest BCUT2D eigenvalue weighted by Crippen LogP contribution is -2.15. The number of unbranched alkanes of at least 4 members (excludes halogenated alkanes) is 1. The maximum atomic E-state index is 12.3. The summed E-state index contributed by atoms with van der Waals surface area (Å²) in [7, 11) is 0. The van der Waals surface area contributed by atoms with E-state index < -0.39 is 11.9 Å². The van der Waals surface area contributed by atoms with Gasteiger partial charge in [-0.15, -0.1) is 0 Å². The largest absolute Gasteiger partial charge is 0.478 e. The third-order valence-corrected chi connectivity index (χ3v) is 5.12. The summed E-state index contributed by atoms with van der Waals surface area (Å²) in [5.41, 5.74) is 3.10.